The first-order valence-corrected chi connectivity index (χ1v) is 6.35. The van der Waals surface area contributed by atoms with Crippen LogP contribution in [0.25, 0.3) is 0 Å². The molecular formula is C10H13NO4S. The van der Waals surface area contributed by atoms with E-state index in [2.05, 4.69) is 0 Å². The Morgan fingerprint density at radius 3 is 2.56 bits per heavy atom. The molecule has 0 spiro atoms. The fourth-order valence-electron chi connectivity index (χ4n) is 1.15. The van der Waals surface area contributed by atoms with Gasteiger partial charge in [0.05, 0.1) is 11.3 Å². The average molecular weight is 243 g/mol. The molecular weight excluding hydrogens is 230 g/mol. The van der Waals surface area contributed by atoms with Gasteiger partial charge < -0.3 is 4.74 Å². The molecule has 88 valence electrons. The molecule has 0 heterocycles. The SMILES string of the molecule is CC(=O)c1ccccc1OCCS(N)(=O)=O. The molecule has 0 aliphatic rings. The van der Waals surface area contributed by atoms with E-state index in [1.165, 1.54) is 6.92 Å². The van der Waals surface area contributed by atoms with Gasteiger partial charge in [0.15, 0.2) is 5.78 Å². The third kappa shape index (κ3) is 4.00. The van der Waals surface area contributed by atoms with Crippen LogP contribution in [0.3, 0.4) is 0 Å². The van der Waals surface area contributed by atoms with Gasteiger partial charge in [0.1, 0.15) is 12.4 Å². The summed E-state index contributed by atoms with van der Waals surface area (Å²) in [6, 6.07) is 6.65. The van der Waals surface area contributed by atoms with Crippen LogP contribution < -0.4 is 9.88 Å². The second-order valence-corrected chi connectivity index (χ2v) is 5.00. The fraction of sp³-hybridized carbons (Fsp3) is 0.300. The van der Waals surface area contributed by atoms with Crippen molar-refractivity contribution in [2.45, 2.75) is 6.92 Å². The molecule has 0 atom stereocenters. The summed E-state index contributed by atoms with van der Waals surface area (Å²) in [6.45, 7) is 1.35. The van der Waals surface area contributed by atoms with Crippen molar-refractivity contribution in [2.24, 2.45) is 5.14 Å². The highest BCUT2D eigenvalue weighted by Gasteiger charge is 2.08. The molecule has 16 heavy (non-hydrogen) atoms. The van der Waals surface area contributed by atoms with E-state index >= 15 is 0 Å². The first-order chi connectivity index (χ1) is 7.40. The summed E-state index contributed by atoms with van der Waals surface area (Å²) >= 11 is 0. The van der Waals surface area contributed by atoms with Gasteiger partial charge in [-0.2, -0.15) is 0 Å². The summed E-state index contributed by atoms with van der Waals surface area (Å²) in [5, 5.41) is 4.82. The Balaban J connectivity index is 2.71. The highest BCUT2D eigenvalue weighted by Crippen LogP contribution is 2.18. The molecule has 0 bridgehead atoms. The molecule has 0 saturated carbocycles. The topological polar surface area (TPSA) is 86.5 Å². The minimum Gasteiger partial charge on any atom is -0.492 e. The molecule has 5 nitrogen and oxygen atoms in total. The van der Waals surface area contributed by atoms with Crippen molar-refractivity contribution in [3.63, 3.8) is 0 Å². The maximum atomic E-state index is 11.2. The van der Waals surface area contributed by atoms with Crippen LogP contribution in [0.5, 0.6) is 5.75 Å². The van der Waals surface area contributed by atoms with Gasteiger partial charge in [0.2, 0.25) is 10.0 Å². The van der Waals surface area contributed by atoms with E-state index in [-0.39, 0.29) is 18.1 Å². The number of hydrogen-bond donors (Lipinski definition) is 1. The highest BCUT2D eigenvalue weighted by atomic mass is 32.2. The number of para-hydroxylation sites is 1. The molecule has 0 amide bonds. The van der Waals surface area contributed by atoms with E-state index in [0.29, 0.717) is 11.3 Å². The molecule has 0 radical (unpaired) electrons. The smallest absolute Gasteiger partial charge is 0.212 e. The number of Topliss-reactive ketones (excluding diaryl/α,β-unsaturated/α-hetero) is 1. The zero-order chi connectivity index (χ0) is 12.2. The van der Waals surface area contributed by atoms with Crippen molar-refractivity contribution >= 4 is 15.8 Å². The van der Waals surface area contributed by atoms with Crippen LogP contribution in [0.1, 0.15) is 17.3 Å². The van der Waals surface area contributed by atoms with Crippen molar-refractivity contribution in [2.75, 3.05) is 12.4 Å². The predicted octanol–water partition coefficient (Wildman–Crippen LogP) is 0.557. The number of ether oxygens (including phenoxy) is 1. The molecule has 0 fully saturated rings. The van der Waals surface area contributed by atoms with Gasteiger partial charge in [-0.3, -0.25) is 4.79 Å². The number of ketones is 1. The standard InChI is InChI=1S/C10H13NO4S/c1-8(12)9-4-2-3-5-10(9)15-6-7-16(11,13)14/h2-5H,6-7H2,1H3,(H2,11,13,14). The lowest BCUT2D eigenvalue weighted by molar-refractivity contribution is 0.101. The molecule has 2 N–H and O–H groups in total. The van der Waals surface area contributed by atoms with Crippen molar-refractivity contribution in [3.8, 4) is 5.75 Å². The van der Waals surface area contributed by atoms with Crippen molar-refractivity contribution in [1.82, 2.24) is 0 Å². The summed E-state index contributed by atoms with van der Waals surface area (Å²) in [6.07, 6.45) is 0. The lowest BCUT2D eigenvalue weighted by atomic mass is 10.1. The molecule has 1 rings (SSSR count). The number of nitrogens with two attached hydrogens (primary N) is 1. The molecule has 0 saturated heterocycles. The number of primary sulfonamides is 1. The highest BCUT2D eigenvalue weighted by molar-refractivity contribution is 7.89. The number of carbonyl (C=O) groups is 1. The third-order valence-electron chi connectivity index (χ3n) is 1.89. The van der Waals surface area contributed by atoms with Crippen LogP contribution in [0.4, 0.5) is 0 Å². The molecule has 1 aromatic carbocycles. The minimum absolute atomic E-state index is 0.0663. The third-order valence-corrected chi connectivity index (χ3v) is 2.63. The molecule has 0 aliphatic carbocycles. The average Bonchev–Trinajstić information content (AvgIpc) is 2.16. The van der Waals surface area contributed by atoms with Crippen LogP contribution in [-0.2, 0) is 10.0 Å². The molecule has 0 aromatic heterocycles. The zero-order valence-electron chi connectivity index (χ0n) is 8.84. The number of carbonyl (C=O) groups excluding carboxylic acids is 1. The van der Waals surface area contributed by atoms with E-state index in [0.717, 1.165) is 0 Å². The molecule has 0 aliphatic heterocycles. The second-order valence-electron chi connectivity index (χ2n) is 3.27. The molecule has 6 heteroatoms. The summed E-state index contributed by atoms with van der Waals surface area (Å²) in [5.41, 5.74) is 0.428. The van der Waals surface area contributed by atoms with Gasteiger partial charge in [-0.25, -0.2) is 13.6 Å². The Labute approximate surface area is 94.3 Å². The van der Waals surface area contributed by atoms with Crippen molar-refractivity contribution < 1.29 is 17.9 Å². The summed E-state index contributed by atoms with van der Waals surface area (Å²) in [5.74, 6) is -0.0379. The second kappa shape index (κ2) is 5.09. The first-order valence-electron chi connectivity index (χ1n) is 4.63. The quantitative estimate of drug-likeness (QED) is 0.765. The van der Waals surface area contributed by atoms with Crippen molar-refractivity contribution in [3.05, 3.63) is 29.8 Å². The number of hydrogen-bond acceptors (Lipinski definition) is 4. The number of rotatable bonds is 5. The minimum atomic E-state index is -3.54. The summed E-state index contributed by atoms with van der Waals surface area (Å²) < 4.78 is 26.5. The summed E-state index contributed by atoms with van der Waals surface area (Å²) in [7, 11) is -3.54. The van der Waals surface area contributed by atoms with E-state index < -0.39 is 10.0 Å². The Kier molecular flexibility index (Phi) is 4.03. The molecule has 0 unspecified atom stereocenters. The van der Waals surface area contributed by atoms with Crippen molar-refractivity contribution in [1.29, 1.82) is 0 Å². The van der Waals surface area contributed by atoms with Gasteiger partial charge >= 0.3 is 0 Å². The van der Waals surface area contributed by atoms with Gasteiger partial charge in [0, 0.05) is 0 Å². The lowest BCUT2D eigenvalue weighted by Gasteiger charge is -2.08. The lowest BCUT2D eigenvalue weighted by Crippen LogP contribution is -2.21. The summed E-state index contributed by atoms with van der Waals surface area (Å²) in [4.78, 5) is 11.2. The van der Waals surface area contributed by atoms with Crippen LogP contribution >= 0.6 is 0 Å². The number of benzene rings is 1. The zero-order valence-corrected chi connectivity index (χ0v) is 9.66. The van der Waals surface area contributed by atoms with Gasteiger partial charge in [0.25, 0.3) is 0 Å². The fourth-order valence-corrected chi connectivity index (χ4v) is 1.47. The monoisotopic (exact) mass is 243 g/mol. The maximum absolute atomic E-state index is 11.2. The number of sulfonamides is 1. The van der Waals surface area contributed by atoms with Crippen LogP contribution in [-0.4, -0.2) is 26.6 Å². The largest absolute Gasteiger partial charge is 0.492 e. The van der Waals surface area contributed by atoms with E-state index in [1.54, 1.807) is 24.3 Å². The Hall–Kier alpha value is -1.40. The van der Waals surface area contributed by atoms with E-state index in [9.17, 15) is 13.2 Å². The first kappa shape index (κ1) is 12.7. The van der Waals surface area contributed by atoms with Crippen LogP contribution in [0, 0.1) is 0 Å². The van der Waals surface area contributed by atoms with Gasteiger partial charge in [-0.05, 0) is 19.1 Å². The Morgan fingerprint density at radius 1 is 1.38 bits per heavy atom. The van der Waals surface area contributed by atoms with Crippen LogP contribution in [0.2, 0.25) is 0 Å². The van der Waals surface area contributed by atoms with E-state index in [4.69, 9.17) is 9.88 Å². The van der Waals surface area contributed by atoms with E-state index in [1.807, 2.05) is 0 Å². The normalized spacial score (nSPS) is 11.1. The molecule has 1 aromatic rings. The Morgan fingerprint density at radius 2 is 2.00 bits per heavy atom. The maximum Gasteiger partial charge on any atom is 0.212 e. The van der Waals surface area contributed by atoms with Gasteiger partial charge in [-0.15, -0.1) is 0 Å². The predicted molar refractivity (Wildman–Crippen MR) is 59.9 cm³/mol. The van der Waals surface area contributed by atoms with Crippen LogP contribution in [0.15, 0.2) is 24.3 Å². The Bertz CT molecular complexity index is 481. The van der Waals surface area contributed by atoms with Gasteiger partial charge in [-0.1, -0.05) is 12.1 Å².